The molecule has 0 radical (unpaired) electrons. The maximum absolute atomic E-state index is 13.5. The second-order valence-corrected chi connectivity index (χ2v) is 12.0. The second-order valence-electron chi connectivity index (χ2n) is 12.0. The zero-order chi connectivity index (χ0) is 27.9. The van der Waals surface area contributed by atoms with Crippen molar-refractivity contribution in [1.82, 2.24) is 10.2 Å². The minimum Gasteiger partial charge on any atom is -0.444 e. The van der Waals surface area contributed by atoms with Crippen LogP contribution in [0.5, 0.6) is 0 Å². The maximum Gasteiger partial charge on any atom is 0.411 e. The number of hydrogen-bond donors (Lipinski definition) is 1. The minimum atomic E-state index is -0.719. The average molecular weight is 529 g/mol. The molecule has 8 heteroatoms. The van der Waals surface area contributed by atoms with Crippen LogP contribution in [0.15, 0.2) is 42.5 Å². The number of anilines is 1. The van der Waals surface area contributed by atoms with Gasteiger partial charge >= 0.3 is 6.09 Å². The Kier molecular flexibility index (Phi) is 7.11. The molecular weight excluding hydrogens is 492 g/mol. The monoisotopic (exact) mass is 528 g/mol. The lowest BCUT2D eigenvalue weighted by Crippen LogP contribution is -2.64. The van der Waals surface area contributed by atoms with Gasteiger partial charge in [-0.05, 0) is 80.7 Å². The lowest BCUT2D eigenvalue weighted by molar-refractivity contribution is -0.135. The number of ether oxygens (including phenoxy) is 1. The van der Waals surface area contributed by atoms with Crippen LogP contribution in [0.3, 0.4) is 0 Å². The highest BCUT2D eigenvalue weighted by atomic mass is 16.6. The average Bonchev–Trinajstić information content (AvgIpc) is 3.20. The van der Waals surface area contributed by atoms with Gasteiger partial charge in [-0.15, -0.1) is 0 Å². The molecule has 0 unspecified atom stereocenters. The van der Waals surface area contributed by atoms with E-state index in [1.807, 2.05) is 63.2 Å². The number of amides is 3. The number of fused-ring (bicyclic) bond motifs is 4. The Hall–Kier alpha value is -3.86. The Balaban J connectivity index is 1.26. The molecule has 3 amide bonds. The molecule has 0 aromatic heterocycles. The van der Waals surface area contributed by atoms with E-state index in [2.05, 4.69) is 11.4 Å². The van der Waals surface area contributed by atoms with E-state index < -0.39 is 23.8 Å². The summed E-state index contributed by atoms with van der Waals surface area (Å²) in [6.45, 7) is 5.47. The molecule has 1 saturated carbocycles. The molecule has 2 saturated heterocycles. The number of piperidine rings is 2. The van der Waals surface area contributed by atoms with Crippen LogP contribution in [0.4, 0.5) is 10.5 Å². The van der Waals surface area contributed by atoms with E-state index in [4.69, 9.17) is 4.74 Å². The zero-order valence-electron chi connectivity index (χ0n) is 23.1. The summed E-state index contributed by atoms with van der Waals surface area (Å²) in [5.74, 6) is -0.115. The Labute approximate surface area is 229 Å². The van der Waals surface area contributed by atoms with Crippen LogP contribution in [-0.4, -0.2) is 53.6 Å². The van der Waals surface area contributed by atoms with Crippen molar-refractivity contribution in [3.05, 3.63) is 53.6 Å². The van der Waals surface area contributed by atoms with E-state index in [-0.39, 0.29) is 23.8 Å². The van der Waals surface area contributed by atoms with Gasteiger partial charge in [-0.3, -0.25) is 14.5 Å². The SMILES string of the molecule is CN1C(=O)Cc2ccc(-c3ccc(C[C@@H](C#N)NC(=O)[C@@H]4[C@H]5CC[C@H](CC5)N4C(=O)OC(C)(C)C)cc3)cc21. The van der Waals surface area contributed by atoms with Gasteiger partial charge < -0.3 is 15.0 Å². The number of likely N-dealkylation sites (N-methyl/N-ethyl adjacent to an activating group) is 1. The predicted octanol–water partition coefficient (Wildman–Crippen LogP) is 4.60. The minimum absolute atomic E-state index is 0.00851. The fourth-order valence-corrected chi connectivity index (χ4v) is 6.14. The third kappa shape index (κ3) is 5.49. The topological polar surface area (TPSA) is 103 Å². The van der Waals surface area contributed by atoms with Crippen LogP contribution in [0.1, 0.15) is 57.6 Å². The Bertz CT molecular complexity index is 1320. The Morgan fingerprint density at radius 2 is 1.74 bits per heavy atom. The lowest BCUT2D eigenvalue weighted by atomic mass is 9.74. The normalized spacial score (nSPS) is 22.7. The molecule has 3 fully saturated rings. The number of nitrogens with one attached hydrogen (secondary N) is 1. The lowest BCUT2D eigenvalue weighted by Gasteiger charge is -2.50. The summed E-state index contributed by atoms with van der Waals surface area (Å²) in [6.07, 6.45) is 3.88. The molecule has 39 heavy (non-hydrogen) atoms. The summed E-state index contributed by atoms with van der Waals surface area (Å²) in [6, 6.07) is 14.8. The number of benzene rings is 2. The van der Waals surface area contributed by atoms with Crippen LogP contribution in [0.25, 0.3) is 11.1 Å². The number of rotatable bonds is 5. The smallest absolute Gasteiger partial charge is 0.411 e. The molecule has 204 valence electrons. The van der Waals surface area contributed by atoms with Gasteiger partial charge in [-0.25, -0.2) is 4.79 Å². The molecule has 2 aromatic rings. The summed E-state index contributed by atoms with van der Waals surface area (Å²) >= 11 is 0. The van der Waals surface area contributed by atoms with Crippen molar-refractivity contribution in [2.24, 2.45) is 5.92 Å². The van der Waals surface area contributed by atoms with Crippen LogP contribution in [0.2, 0.25) is 0 Å². The van der Waals surface area contributed by atoms with E-state index in [0.29, 0.717) is 12.8 Å². The summed E-state index contributed by atoms with van der Waals surface area (Å²) in [5.41, 5.74) is 4.27. The van der Waals surface area contributed by atoms with Crippen molar-refractivity contribution >= 4 is 23.6 Å². The number of carbonyl (C=O) groups is 3. The summed E-state index contributed by atoms with van der Waals surface area (Å²) in [5, 5.41) is 12.8. The van der Waals surface area contributed by atoms with E-state index in [9.17, 15) is 19.6 Å². The third-order valence-electron chi connectivity index (χ3n) is 8.12. The first-order valence-corrected chi connectivity index (χ1v) is 13.7. The van der Waals surface area contributed by atoms with Crippen molar-refractivity contribution < 1.29 is 19.1 Å². The fraction of sp³-hybridized carbons (Fsp3) is 0.484. The van der Waals surface area contributed by atoms with Gasteiger partial charge in [0.05, 0.1) is 12.5 Å². The van der Waals surface area contributed by atoms with Crippen molar-refractivity contribution in [2.75, 3.05) is 11.9 Å². The molecule has 1 N–H and O–H groups in total. The van der Waals surface area contributed by atoms with Gasteiger partial charge in [0.1, 0.15) is 17.7 Å². The summed E-state index contributed by atoms with van der Waals surface area (Å²) in [4.78, 5) is 41.9. The molecule has 1 aliphatic carbocycles. The van der Waals surface area contributed by atoms with Crippen LogP contribution in [0, 0.1) is 17.2 Å². The molecule has 8 nitrogen and oxygen atoms in total. The van der Waals surface area contributed by atoms with Crippen molar-refractivity contribution in [2.45, 2.75) is 83.0 Å². The van der Waals surface area contributed by atoms with Crippen molar-refractivity contribution in [1.29, 1.82) is 5.26 Å². The van der Waals surface area contributed by atoms with Gasteiger partial charge in [0.25, 0.3) is 0 Å². The van der Waals surface area contributed by atoms with Gasteiger partial charge in [-0.1, -0.05) is 36.4 Å². The highest BCUT2D eigenvalue weighted by Gasteiger charge is 2.49. The molecule has 4 aliphatic rings. The van der Waals surface area contributed by atoms with Crippen LogP contribution < -0.4 is 10.2 Å². The van der Waals surface area contributed by atoms with Crippen LogP contribution >= 0.6 is 0 Å². The largest absolute Gasteiger partial charge is 0.444 e. The van der Waals surface area contributed by atoms with E-state index >= 15 is 0 Å². The maximum atomic E-state index is 13.5. The van der Waals surface area contributed by atoms with Gasteiger partial charge in [0.2, 0.25) is 11.8 Å². The van der Waals surface area contributed by atoms with E-state index in [1.165, 1.54) is 0 Å². The highest BCUT2D eigenvalue weighted by Crippen LogP contribution is 2.40. The van der Waals surface area contributed by atoms with Crippen molar-refractivity contribution in [3.63, 3.8) is 0 Å². The van der Waals surface area contributed by atoms with Gasteiger partial charge in [-0.2, -0.15) is 5.26 Å². The zero-order valence-corrected chi connectivity index (χ0v) is 23.1. The third-order valence-corrected chi connectivity index (χ3v) is 8.12. The standard InChI is InChI=1S/C31H36N4O4/c1-31(2,3)39-30(38)35-25-13-11-21(12-14-25)28(35)29(37)33-24(18-32)15-19-5-7-20(8-6-19)22-9-10-23-17-27(36)34(4)26(23)16-22/h5-10,16,21,24-25,28H,11-15,17H2,1-4H3,(H,33,37)/t21-,24-,25+,28-/m0/s1. The molecule has 3 heterocycles. The molecule has 2 bridgehead atoms. The summed E-state index contributed by atoms with van der Waals surface area (Å²) < 4.78 is 5.64. The Morgan fingerprint density at radius 3 is 2.38 bits per heavy atom. The van der Waals surface area contributed by atoms with E-state index in [1.54, 1.807) is 16.8 Å². The second kappa shape index (κ2) is 10.4. The van der Waals surface area contributed by atoms with Gasteiger partial charge in [0.15, 0.2) is 0 Å². The molecule has 2 aromatic carbocycles. The number of nitrogens with zero attached hydrogens (tertiary/aromatic N) is 3. The molecule has 3 aliphatic heterocycles. The van der Waals surface area contributed by atoms with Crippen LogP contribution in [-0.2, 0) is 27.2 Å². The fourth-order valence-electron chi connectivity index (χ4n) is 6.14. The Morgan fingerprint density at radius 1 is 1.08 bits per heavy atom. The van der Waals surface area contributed by atoms with Gasteiger partial charge in [0, 0.05) is 25.2 Å². The molecule has 2 atom stereocenters. The highest BCUT2D eigenvalue weighted by molar-refractivity contribution is 6.01. The number of hydrogen-bond acceptors (Lipinski definition) is 5. The number of nitriles is 1. The molecular formula is C31H36N4O4. The first-order chi connectivity index (χ1) is 18.5. The quantitative estimate of drug-likeness (QED) is 0.611. The van der Waals surface area contributed by atoms with Crippen molar-refractivity contribution in [3.8, 4) is 17.2 Å². The number of carbonyl (C=O) groups excluding carboxylic acids is 3. The van der Waals surface area contributed by atoms with E-state index in [0.717, 1.165) is 53.6 Å². The first kappa shape index (κ1) is 26.7. The molecule has 6 rings (SSSR count). The summed E-state index contributed by atoms with van der Waals surface area (Å²) in [7, 11) is 1.79. The predicted molar refractivity (Wildman–Crippen MR) is 148 cm³/mol. The molecule has 0 spiro atoms. The first-order valence-electron chi connectivity index (χ1n) is 13.7.